The lowest BCUT2D eigenvalue weighted by Gasteiger charge is -2.21. The molecule has 6 heteroatoms. The van der Waals surface area contributed by atoms with Gasteiger partial charge < -0.3 is 15.2 Å². The minimum absolute atomic E-state index is 0.514. The van der Waals surface area contributed by atoms with Gasteiger partial charge in [0, 0.05) is 24.2 Å². The zero-order valence-corrected chi connectivity index (χ0v) is 14.8. The maximum Gasteiger partial charge on any atom is 0.345 e. The Morgan fingerprint density at radius 1 is 1.12 bits per heavy atom. The molecule has 0 spiro atoms. The Kier molecular flexibility index (Phi) is 5.54. The quantitative estimate of drug-likeness (QED) is 0.788. The van der Waals surface area contributed by atoms with Gasteiger partial charge >= 0.3 is 5.97 Å². The van der Waals surface area contributed by atoms with Crippen molar-refractivity contribution in [1.29, 1.82) is 0 Å². The smallest absolute Gasteiger partial charge is 0.345 e. The lowest BCUT2D eigenvalue weighted by atomic mass is 10.0. The highest BCUT2D eigenvalue weighted by Crippen LogP contribution is 2.17. The first-order valence-corrected chi connectivity index (χ1v) is 7.87. The van der Waals surface area contributed by atoms with E-state index in [1.54, 1.807) is 12.1 Å². The molecule has 0 radical (unpaired) electrons. The normalized spacial score (nSPS) is 13.1. The third-order valence-corrected chi connectivity index (χ3v) is 4.01. The summed E-state index contributed by atoms with van der Waals surface area (Å²) >= 11 is 0. The summed E-state index contributed by atoms with van der Waals surface area (Å²) in [4.78, 5) is 27.7. The molecule has 0 saturated heterocycles. The number of amides is 1. The number of nitrogens with one attached hydrogen (secondary N) is 1. The number of carbonyl (C=O) groups is 2. The predicted octanol–water partition coefficient (Wildman–Crippen LogP) is 2.72. The Morgan fingerprint density at radius 3 is 2.16 bits per heavy atom. The summed E-state index contributed by atoms with van der Waals surface area (Å²) in [6.07, 6.45) is 0.753. The lowest BCUT2D eigenvalue weighted by Crippen LogP contribution is -2.48. The summed E-state index contributed by atoms with van der Waals surface area (Å²) in [6.45, 7) is 5.14. The molecule has 25 heavy (non-hydrogen) atoms. The van der Waals surface area contributed by atoms with Gasteiger partial charge in [0.25, 0.3) is 5.91 Å². The minimum atomic E-state index is -1.93. The molecule has 0 fully saturated rings. The maximum atomic E-state index is 12.1. The van der Waals surface area contributed by atoms with Gasteiger partial charge in [-0.2, -0.15) is 0 Å². The maximum absolute atomic E-state index is 12.1. The van der Waals surface area contributed by atoms with E-state index in [0.717, 1.165) is 23.4 Å². The number of anilines is 1. The number of nitrogens with zero attached hydrogens (tertiary/aromatic N) is 1. The van der Waals surface area contributed by atoms with E-state index >= 15 is 0 Å². The van der Waals surface area contributed by atoms with E-state index in [-0.39, 0.29) is 0 Å². The van der Waals surface area contributed by atoms with Crippen LogP contribution < -0.4 is 5.32 Å². The molecule has 132 valence electrons. The van der Waals surface area contributed by atoms with Crippen LogP contribution in [0, 0.1) is 13.8 Å². The SMILES string of the molecule is COC(C)(C(=O)O)C(=O)Nc1ccc(Cc2cc(C)nc(C)c2)cc1. The van der Waals surface area contributed by atoms with Crippen molar-refractivity contribution < 1.29 is 19.4 Å². The molecule has 1 unspecified atom stereocenters. The summed E-state index contributed by atoms with van der Waals surface area (Å²) in [5, 5.41) is 11.7. The molecule has 1 atom stereocenters. The van der Waals surface area contributed by atoms with Crippen molar-refractivity contribution in [2.24, 2.45) is 0 Å². The molecule has 1 heterocycles. The Bertz CT molecular complexity index is 766. The van der Waals surface area contributed by atoms with E-state index < -0.39 is 17.5 Å². The Morgan fingerprint density at radius 2 is 1.68 bits per heavy atom. The molecule has 0 saturated carbocycles. The van der Waals surface area contributed by atoms with Gasteiger partial charge in [-0.25, -0.2) is 4.79 Å². The van der Waals surface area contributed by atoms with E-state index in [9.17, 15) is 9.59 Å². The molecule has 2 aromatic rings. The largest absolute Gasteiger partial charge is 0.479 e. The summed E-state index contributed by atoms with van der Waals surface area (Å²) in [5.74, 6) is -2.07. The molecular weight excluding hydrogens is 320 g/mol. The van der Waals surface area contributed by atoms with Crippen molar-refractivity contribution >= 4 is 17.6 Å². The Balaban J connectivity index is 2.09. The second-order valence-corrected chi connectivity index (χ2v) is 6.13. The number of rotatable bonds is 6. The van der Waals surface area contributed by atoms with Crippen molar-refractivity contribution in [3.63, 3.8) is 0 Å². The standard InChI is InChI=1S/C19H22N2O4/c1-12-9-15(10-13(2)20-12)11-14-5-7-16(8-6-14)21-17(22)19(3,25-4)18(23)24/h5-10H,11H2,1-4H3,(H,21,22)(H,23,24). The third kappa shape index (κ3) is 4.42. The molecule has 0 aliphatic rings. The van der Waals surface area contributed by atoms with Crippen LogP contribution in [0.5, 0.6) is 0 Å². The first-order chi connectivity index (χ1) is 11.7. The van der Waals surface area contributed by atoms with Crippen LogP contribution in [0.3, 0.4) is 0 Å². The fourth-order valence-corrected chi connectivity index (χ4v) is 2.49. The molecule has 2 rings (SSSR count). The summed E-state index contributed by atoms with van der Waals surface area (Å²) in [7, 11) is 1.19. The summed E-state index contributed by atoms with van der Waals surface area (Å²) < 4.78 is 4.84. The Labute approximate surface area is 146 Å². The molecular formula is C19H22N2O4. The summed E-state index contributed by atoms with van der Waals surface area (Å²) in [6, 6.07) is 11.4. The van der Waals surface area contributed by atoms with E-state index in [1.807, 2.05) is 38.1 Å². The van der Waals surface area contributed by atoms with Gasteiger partial charge in [0.2, 0.25) is 5.60 Å². The zero-order valence-electron chi connectivity index (χ0n) is 14.8. The number of hydrogen-bond donors (Lipinski definition) is 2. The van der Waals surface area contributed by atoms with Gasteiger partial charge in [-0.1, -0.05) is 12.1 Å². The topological polar surface area (TPSA) is 88.5 Å². The Hall–Kier alpha value is -2.73. The second kappa shape index (κ2) is 7.44. The van der Waals surface area contributed by atoms with Gasteiger partial charge in [0.15, 0.2) is 0 Å². The average molecular weight is 342 g/mol. The number of methoxy groups -OCH3 is 1. The third-order valence-electron chi connectivity index (χ3n) is 4.01. The van der Waals surface area contributed by atoms with Gasteiger partial charge in [-0.3, -0.25) is 9.78 Å². The van der Waals surface area contributed by atoms with Gasteiger partial charge in [0.1, 0.15) is 0 Å². The highest BCUT2D eigenvalue weighted by atomic mass is 16.5. The summed E-state index contributed by atoms with van der Waals surface area (Å²) in [5.41, 5.74) is 2.79. The van der Waals surface area contributed by atoms with Crippen LogP contribution >= 0.6 is 0 Å². The minimum Gasteiger partial charge on any atom is -0.479 e. The number of hydrogen-bond acceptors (Lipinski definition) is 4. The molecule has 0 bridgehead atoms. The molecule has 1 aromatic heterocycles. The number of aromatic nitrogens is 1. The number of benzene rings is 1. The molecule has 0 aliphatic heterocycles. The monoisotopic (exact) mass is 342 g/mol. The average Bonchev–Trinajstić information content (AvgIpc) is 2.54. The molecule has 0 aliphatic carbocycles. The highest BCUT2D eigenvalue weighted by Gasteiger charge is 2.41. The molecule has 1 amide bonds. The number of carboxylic acids is 1. The molecule has 2 N–H and O–H groups in total. The zero-order chi connectivity index (χ0) is 18.6. The number of aliphatic carboxylic acids is 1. The van der Waals surface area contributed by atoms with Crippen molar-refractivity contribution in [2.45, 2.75) is 32.8 Å². The highest BCUT2D eigenvalue weighted by molar-refractivity contribution is 6.11. The van der Waals surface area contributed by atoms with Crippen molar-refractivity contribution in [3.05, 3.63) is 58.9 Å². The van der Waals surface area contributed by atoms with Crippen molar-refractivity contribution in [1.82, 2.24) is 4.98 Å². The number of pyridine rings is 1. The van der Waals surface area contributed by atoms with Crippen LogP contribution in [0.1, 0.15) is 29.4 Å². The lowest BCUT2D eigenvalue weighted by molar-refractivity contribution is -0.165. The van der Waals surface area contributed by atoms with Crippen molar-refractivity contribution in [3.8, 4) is 0 Å². The van der Waals surface area contributed by atoms with Gasteiger partial charge in [0.05, 0.1) is 0 Å². The van der Waals surface area contributed by atoms with Gasteiger partial charge in [-0.15, -0.1) is 0 Å². The van der Waals surface area contributed by atoms with Crippen LogP contribution in [0.2, 0.25) is 0 Å². The fourth-order valence-electron chi connectivity index (χ4n) is 2.49. The van der Waals surface area contributed by atoms with E-state index in [0.29, 0.717) is 5.69 Å². The number of carboxylic acid groups (broad SMARTS) is 1. The van der Waals surface area contributed by atoms with Crippen LogP contribution in [-0.4, -0.2) is 34.7 Å². The molecule has 6 nitrogen and oxygen atoms in total. The second-order valence-electron chi connectivity index (χ2n) is 6.13. The van der Waals surface area contributed by atoms with E-state index in [4.69, 9.17) is 9.84 Å². The van der Waals surface area contributed by atoms with Crippen LogP contribution in [0.25, 0.3) is 0 Å². The van der Waals surface area contributed by atoms with E-state index in [1.165, 1.54) is 19.6 Å². The van der Waals surface area contributed by atoms with Crippen LogP contribution in [-0.2, 0) is 20.7 Å². The van der Waals surface area contributed by atoms with Gasteiger partial charge in [-0.05, 0) is 62.6 Å². The number of aryl methyl sites for hydroxylation is 2. The number of ether oxygens (including phenoxy) is 1. The predicted molar refractivity (Wildman–Crippen MR) is 94.6 cm³/mol. The van der Waals surface area contributed by atoms with Crippen molar-refractivity contribution in [2.75, 3.05) is 12.4 Å². The molecule has 1 aromatic carbocycles. The first kappa shape index (κ1) is 18.6. The number of carbonyl (C=O) groups excluding carboxylic acids is 1. The first-order valence-electron chi connectivity index (χ1n) is 7.87. The van der Waals surface area contributed by atoms with E-state index in [2.05, 4.69) is 10.3 Å². The fraction of sp³-hybridized carbons (Fsp3) is 0.316. The van der Waals surface area contributed by atoms with Crippen LogP contribution in [0.4, 0.5) is 5.69 Å². The van der Waals surface area contributed by atoms with Crippen LogP contribution in [0.15, 0.2) is 36.4 Å².